The van der Waals surface area contributed by atoms with Gasteiger partial charge in [0.15, 0.2) is 0 Å². The quantitative estimate of drug-likeness (QED) is 0.721. The summed E-state index contributed by atoms with van der Waals surface area (Å²) in [4.78, 5) is 23.1. The van der Waals surface area contributed by atoms with E-state index in [9.17, 15) is 18.0 Å². The number of aromatic carboxylic acids is 1. The summed E-state index contributed by atoms with van der Waals surface area (Å²) in [5, 5.41) is 11.4. The Labute approximate surface area is 140 Å². The Morgan fingerprint density at radius 1 is 1.42 bits per heavy atom. The van der Waals surface area contributed by atoms with Crippen molar-refractivity contribution >= 4 is 21.9 Å². The number of amides is 1. The van der Waals surface area contributed by atoms with E-state index in [0.717, 1.165) is 6.42 Å². The summed E-state index contributed by atoms with van der Waals surface area (Å²) >= 11 is 0. The number of carbonyl (C=O) groups excluding carboxylic acids is 1. The molecule has 0 bridgehead atoms. The third kappa shape index (κ3) is 4.35. The monoisotopic (exact) mass is 358 g/mol. The maximum atomic E-state index is 12.3. The lowest BCUT2D eigenvalue weighted by atomic mass is 10.2. The molecule has 1 unspecified atom stereocenters. The van der Waals surface area contributed by atoms with Crippen molar-refractivity contribution in [2.45, 2.75) is 45.2 Å². The van der Waals surface area contributed by atoms with Crippen LogP contribution in [-0.4, -0.2) is 48.0 Å². The van der Waals surface area contributed by atoms with Crippen LogP contribution < -0.4 is 5.32 Å². The third-order valence-electron chi connectivity index (χ3n) is 3.93. The maximum absolute atomic E-state index is 12.3. The van der Waals surface area contributed by atoms with Gasteiger partial charge in [-0.1, -0.05) is 13.3 Å². The normalized spacial score (nSPS) is 18.6. The first-order chi connectivity index (χ1) is 11.3. The van der Waals surface area contributed by atoms with Gasteiger partial charge in [-0.2, -0.15) is 4.31 Å². The molecule has 9 heteroatoms. The molecule has 0 spiro atoms. The van der Waals surface area contributed by atoms with Crippen LogP contribution in [0.1, 0.15) is 48.9 Å². The number of carboxylic acid groups (broad SMARTS) is 1. The molecular formula is C15H22N2O6S. The lowest BCUT2D eigenvalue weighted by Crippen LogP contribution is -2.46. The molecule has 2 N–H and O–H groups in total. The number of hydrogen-bond acceptors (Lipinski definition) is 5. The maximum Gasteiger partial charge on any atom is 0.371 e. The van der Waals surface area contributed by atoms with E-state index < -0.39 is 22.0 Å². The molecule has 2 heterocycles. The number of carbonyl (C=O) groups is 2. The van der Waals surface area contributed by atoms with Crippen LogP contribution in [0.3, 0.4) is 0 Å². The lowest BCUT2D eigenvalue weighted by Gasteiger charge is -2.23. The van der Waals surface area contributed by atoms with Gasteiger partial charge in [-0.05, 0) is 31.4 Å². The molecule has 1 fully saturated rings. The molecule has 1 aromatic heterocycles. The highest BCUT2D eigenvalue weighted by molar-refractivity contribution is 7.89. The van der Waals surface area contributed by atoms with E-state index in [1.807, 2.05) is 6.92 Å². The van der Waals surface area contributed by atoms with E-state index in [-0.39, 0.29) is 24.0 Å². The zero-order chi connectivity index (χ0) is 17.7. The van der Waals surface area contributed by atoms with Crippen molar-refractivity contribution in [1.29, 1.82) is 0 Å². The number of unbranched alkanes of at least 4 members (excludes halogenated alkanes) is 1. The van der Waals surface area contributed by atoms with Gasteiger partial charge in [0.1, 0.15) is 11.8 Å². The standard InChI is InChI=1S/C15H22N2O6S/c1-2-3-9-24(21,22)17-8-4-5-12(17)14(18)16-10-11-6-7-13(23-11)15(19)20/h6-7,12H,2-5,8-10H2,1H3,(H,16,18)(H,19,20). The van der Waals surface area contributed by atoms with E-state index in [1.165, 1.54) is 16.4 Å². The van der Waals surface area contributed by atoms with Crippen molar-refractivity contribution in [1.82, 2.24) is 9.62 Å². The van der Waals surface area contributed by atoms with Crippen molar-refractivity contribution in [2.24, 2.45) is 0 Å². The Hall–Kier alpha value is -1.87. The van der Waals surface area contributed by atoms with Crippen molar-refractivity contribution in [3.05, 3.63) is 23.7 Å². The Balaban J connectivity index is 1.96. The Bertz CT molecular complexity index is 697. The van der Waals surface area contributed by atoms with Gasteiger partial charge in [0.25, 0.3) is 0 Å². The molecule has 0 aromatic carbocycles. The summed E-state index contributed by atoms with van der Waals surface area (Å²) in [6.07, 6.45) is 2.47. The molecule has 24 heavy (non-hydrogen) atoms. The second-order valence-corrected chi connectivity index (χ2v) is 7.77. The SMILES string of the molecule is CCCCS(=O)(=O)N1CCCC1C(=O)NCc1ccc(C(=O)O)o1. The highest BCUT2D eigenvalue weighted by atomic mass is 32.2. The van der Waals surface area contributed by atoms with Crippen molar-refractivity contribution in [2.75, 3.05) is 12.3 Å². The second-order valence-electron chi connectivity index (χ2n) is 5.73. The van der Waals surface area contributed by atoms with E-state index in [1.54, 1.807) is 0 Å². The minimum Gasteiger partial charge on any atom is -0.475 e. The molecule has 1 aliphatic rings. The molecule has 1 saturated heterocycles. The first-order valence-electron chi connectivity index (χ1n) is 7.94. The van der Waals surface area contributed by atoms with E-state index in [0.29, 0.717) is 31.6 Å². The zero-order valence-electron chi connectivity index (χ0n) is 13.5. The van der Waals surface area contributed by atoms with Gasteiger partial charge < -0.3 is 14.8 Å². The number of rotatable bonds is 8. The number of nitrogens with zero attached hydrogens (tertiary/aromatic N) is 1. The first-order valence-corrected chi connectivity index (χ1v) is 9.55. The zero-order valence-corrected chi connectivity index (χ0v) is 14.3. The number of sulfonamides is 1. The Morgan fingerprint density at radius 2 is 2.17 bits per heavy atom. The molecule has 0 saturated carbocycles. The van der Waals surface area contributed by atoms with Crippen LogP contribution in [0.25, 0.3) is 0 Å². The van der Waals surface area contributed by atoms with Gasteiger partial charge in [0.05, 0.1) is 12.3 Å². The first kappa shape index (κ1) is 18.5. The molecule has 1 amide bonds. The van der Waals surface area contributed by atoms with E-state index in [2.05, 4.69) is 5.32 Å². The molecule has 2 rings (SSSR count). The van der Waals surface area contributed by atoms with Gasteiger partial charge in [-0.15, -0.1) is 0 Å². The summed E-state index contributed by atoms with van der Waals surface area (Å²) in [5.74, 6) is -1.42. The summed E-state index contributed by atoms with van der Waals surface area (Å²) in [7, 11) is -3.44. The number of nitrogens with one attached hydrogen (secondary N) is 1. The predicted octanol–water partition coefficient (Wildman–Crippen LogP) is 1.19. The molecule has 1 aromatic rings. The average Bonchev–Trinajstić information content (AvgIpc) is 3.19. The van der Waals surface area contributed by atoms with Crippen LogP contribution in [0.15, 0.2) is 16.5 Å². The van der Waals surface area contributed by atoms with Crippen LogP contribution >= 0.6 is 0 Å². The fraction of sp³-hybridized carbons (Fsp3) is 0.600. The van der Waals surface area contributed by atoms with Gasteiger partial charge in [0.2, 0.25) is 21.7 Å². The number of hydrogen-bond donors (Lipinski definition) is 2. The lowest BCUT2D eigenvalue weighted by molar-refractivity contribution is -0.124. The summed E-state index contributed by atoms with van der Waals surface area (Å²) in [6.45, 7) is 2.29. The van der Waals surface area contributed by atoms with Gasteiger partial charge in [-0.25, -0.2) is 13.2 Å². The Morgan fingerprint density at radius 3 is 2.79 bits per heavy atom. The van der Waals surface area contributed by atoms with Crippen LogP contribution in [0.5, 0.6) is 0 Å². The highest BCUT2D eigenvalue weighted by Crippen LogP contribution is 2.22. The summed E-state index contributed by atoms with van der Waals surface area (Å²) in [6, 6.07) is 2.07. The smallest absolute Gasteiger partial charge is 0.371 e. The fourth-order valence-electron chi connectivity index (χ4n) is 2.66. The van der Waals surface area contributed by atoms with Gasteiger partial charge >= 0.3 is 5.97 Å². The predicted molar refractivity (Wildman–Crippen MR) is 85.9 cm³/mol. The average molecular weight is 358 g/mol. The van der Waals surface area contributed by atoms with E-state index in [4.69, 9.17) is 9.52 Å². The summed E-state index contributed by atoms with van der Waals surface area (Å²) in [5.41, 5.74) is 0. The van der Waals surface area contributed by atoms with Crippen molar-refractivity contribution in [3.63, 3.8) is 0 Å². The van der Waals surface area contributed by atoms with Crippen LogP contribution in [0, 0.1) is 0 Å². The van der Waals surface area contributed by atoms with Crippen LogP contribution in [-0.2, 0) is 21.4 Å². The third-order valence-corrected chi connectivity index (χ3v) is 5.89. The number of furan rings is 1. The molecule has 0 radical (unpaired) electrons. The van der Waals surface area contributed by atoms with Crippen molar-refractivity contribution < 1.29 is 27.5 Å². The molecule has 1 atom stereocenters. The van der Waals surface area contributed by atoms with Crippen LogP contribution in [0.2, 0.25) is 0 Å². The molecule has 8 nitrogen and oxygen atoms in total. The molecule has 1 aliphatic heterocycles. The molecule has 0 aliphatic carbocycles. The minimum atomic E-state index is -3.44. The Kier molecular flexibility index (Phi) is 6.00. The molecular weight excluding hydrogens is 336 g/mol. The van der Waals surface area contributed by atoms with E-state index >= 15 is 0 Å². The fourth-order valence-corrected chi connectivity index (χ4v) is 4.54. The minimum absolute atomic E-state index is 0.0193. The molecule has 134 valence electrons. The van der Waals surface area contributed by atoms with Crippen LogP contribution in [0.4, 0.5) is 0 Å². The topological polar surface area (TPSA) is 117 Å². The second kappa shape index (κ2) is 7.80. The highest BCUT2D eigenvalue weighted by Gasteiger charge is 2.38. The van der Waals surface area contributed by atoms with Gasteiger partial charge in [0, 0.05) is 6.54 Å². The van der Waals surface area contributed by atoms with Crippen molar-refractivity contribution in [3.8, 4) is 0 Å². The summed E-state index contributed by atoms with van der Waals surface area (Å²) < 4.78 is 31.0. The largest absolute Gasteiger partial charge is 0.475 e. The number of carboxylic acids is 1. The van der Waals surface area contributed by atoms with Gasteiger partial charge in [-0.3, -0.25) is 4.79 Å².